The van der Waals surface area contributed by atoms with Crippen LogP contribution in [-0.2, 0) is 0 Å². The normalized spacial score (nSPS) is 12.3. The van der Waals surface area contributed by atoms with Crippen LogP contribution >= 0.6 is 11.3 Å². The van der Waals surface area contributed by atoms with E-state index < -0.39 is 8.07 Å². The molecule has 1 aromatic heterocycles. The minimum absolute atomic E-state index is 0.885. The van der Waals surface area contributed by atoms with Gasteiger partial charge in [-0.05, 0) is 23.6 Å². The van der Waals surface area contributed by atoms with Gasteiger partial charge in [-0.15, -0.1) is 11.3 Å². The summed E-state index contributed by atoms with van der Waals surface area (Å²) in [6, 6.07) is 4.14. The Morgan fingerprint density at radius 3 is 2.54 bits per heavy atom. The standard InChI is InChI=1S/C9H15NOSSi/c1-5-10-11-8-6-7-9(12-8)13(2,3)4/h5-7H,1-4H3/b10-5-. The molecule has 0 fully saturated rings. The van der Waals surface area contributed by atoms with Gasteiger partial charge in [-0.2, -0.15) is 0 Å². The number of thiophene rings is 1. The lowest BCUT2D eigenvalue weighted by Crippen LogP contribution is -2.34. The number of nitrogens with zero attached hydrogens (tertiary/aromatic N) is 1. The van der Waals surface area contributed by atoms with Crippen molar-refractivity contribution in [1.29, 1.82) is 0 Å². The van der Waals surface area contributed by atoms with E-state index in [1.165, 1.54) is 4.50 Å². The molecule has 0 N–H and O–H groups in total. The van der Waals surface area contributed by atoms with Crippen LogP contribution in [0.3, 0.4) is 0 Å². The van der Waals surface area contributed by atoms with Crippen molar-refractivity contribution in [2.75, 3.05) is 0 Å². The van der Waals surface area contributed by atoms with Gasteiger partial charge in [0, 0.05) is 6.21 Å². The average molecular weight is 213 g/mol. The zero-order valence-electron chi connectivity index (χ0n) is 8.50. The summed E-state index contributed by atoms with van der Waals surface area (Å²) >= 11 is 1.71. The van der Waals surface area contributed by atoms with Crippen LogP contribution in [0, 0.1) is 0 Å². The minimum Gasteiger partial charge on any atom is -0.346 e. The summed E-state index contributed by atoms with van der Waals surface area (Å²) < 4.78 is 1.45. The van der Waals surface area contributed by atoms with Gasteiger partial charge in [0.05, 0.1) is 8.07 Å². The first-order valence-corrected chi connectivity index (χ1v) is 8.61. The zero-order valence-corrected chi connectivity index (χ0v) is 10.3. The largest absolute Gasteiger partial charge is 0.346 e. The van der Waals surface area contributed by atoms with Gasteiger partial charge in [0.25, 0.3) is 0 Å². The van der Waals surface area contributed by atoms with Crippen molar-refractivity contribution < 1.29 is 4.84 Å². The van der Waals surface area contributed by atoms with E-state index in [0.717, 1.165) is 5.06 Å². The maximum Gasteiger partial charge on any atom is 0.211 e. The molecule has 0 aliphatic rings. The number of oxime groups is 1. The molecule has 1 aromatic rings. The Balaban J connectivity index is 2.75. The second kappa shape index (κ2) is 4.06. The summed E-state index contributed by atoms with van der Waals surface area (Å²) in [7, 11) is -1.17. The summed E-state index contributed by atoms with van der Waals surface area (Å²) in [6.07, 6.45) is 1.65. The van der Waals surface area contributed by atoms with E-state index in [-0.39, 0.29) is 0 Å². The van der Waals surface area contributed by atoms with Gasteiger partial charge < -0.3 is 4.84 Å². The molecule has 0 aliphatic carbocycles. The topological polar surface area (TPSA) is 21.6 Å². The molecule has 0 atom stereocenters. The van der Waals surface area contributed by atoms with Crippen molar-refractivity contribution >= 4 is 30.1 Å². The molecule has 1 rings (SSSR count). The van der Waals surface area contributed by atoms with Crippen molar-refractivity contribution in [3.8, 4) is 5.06 Å². The van der Waals surface area contributed by atoms with E-state index in [9.17, 15) is 0 Å². The van der Waals surface area contributed by atoms with Crippen LogP contribution in [0.2, 0.25) is 19.6 Å². The van der Waals surface area contributed by atoms with Crippen molar-refractivity contribution in [2.24, 2.45) is 5.16 Å². The fraction of sp³-hybridized carbons (Fsp3) is 0.444. The summed E-state index contributed by atoms with van der Waals surface area (Å²) in [5.74, 6) is 0. The van der Waals surface area contributed by atoms with Gasteiger partial charge in [-0.25, -0.2) is 0 Å². The zero-order chi connectivity index (χ0) is 9.90. The van der Waals surface area contributed by atoms with E-state index in [0.29, 0.717) is 0 Å². The highest BCUT2D eigenvalue weighted by molar-refractivity contribution is 7.27. The van der Waals surface area contributed by atoms with Crippen molar-refractivity contribution in [2.45, 2.75) is 26.6 Å². The molecular formula is C9H15NOSSi. The van der Waals surface area contributed by atoms with Crippen LogP contribution in [0.1, 0.15) is 6.92 Å². The van der Waals surface area contributed by atoms with Crippen LogP contribution in [0.25, 0.3) is 0 Å². The second-order valence-corrected chi connectivity index (χ2v) is 10.3. The maximum absolute atomic E-state index is 5.14. The van der Waals surface area contributed by atoms with Crippen LogP contribution in [-0.4, -0.2) is 14.3 Å². The van der Waals surface area contributed by atoms with Crippen LogP contribution < -0.4 is 9.34 Å². The summed E-state index contributed by atoms with van der Waals surface area (Å²) in [5.41, 5.74) is 0. The molecule has 13 heavy (non-hydrogen) atoms. The van der Waals surface area contributed by atoms with Gasteiger partial charge in [0.2, 0.25) is 5.06 Å². The third-order valence-corrected chi connectivity index (χ3v) is 6.12. The number of rotatable bonds is 3. The summed E-state index contributed by atoms with van der Waals surface area (Å²) in [6.45, 7) is 8.82. The molecule has 0 aliphatic heterocycles. The molecular weight excluding hydrogens is 198 g/mol. The third-order valence-electron chi connectivity index (χ3n) is 1.57. The Hall–Kier alpha value is -0.613. The average Bonchev–Trinajstić information content (AvgIpc) is 2.47. The van der Waals surface area contributed by atoms with Crippen LogP contribution in [0.4, 0.5) is 0 Å². The van der Waals surface area contributed by atoms with E-state index in [1.807, 2.05) is 13.0 Å². The maximum atomic E-state index is 5.14. The highest BCUT2D eigenvalue weighted by Gasteiger charge is 2.18. The monoisotopic (exact) mass is 213 g/mol. The van der Waals surface area contributed by atoms with Crippen LogP contribution in [0.15, 0.2) is 17.3 Å². The molecule has 0 radical (unpaired) electrons. The van der Waals surface area contributed by atoms with Crippen molar-refractivity contribution in [3.63, 3.8) is 0 Å². The molecule has 0 saturated heterocycles. The molecule has 0 aromatic carbocycles. The molecule has 4 heteroatoms. The fourth-order valence-electron chi connectivity index (χ4n) is 0.877. The van der Waals surface area contributed by atoms with Gasteiger partial charge in [0.15, 0.2) is 0 Å². The third kappa shape index (κ3) is 2.97. The Labute approximate surface area is 84.2 Å². The predicted molar refractivity (Wildman–Crippen MR) is 62.1 cm³/mol. The van der Waals surface area contributed by atoms with Crippen molar-refractivity contribution in [3.05, 3.63) is 12.1 Å². The Kier molecular flexibility index (Phi) is 3.27. The number of hydrogen-bond donors (Lipinski definition) is 0. The lowest BCUT2D eigenvalue weighted by molar-refractivity contribution is 0.354. The summed E-state index contributed by atoms with van der Waals surface area (Å²) in [4.78, 5) is 5.14. The number of hydrogen-bond acceptors (Lipinski definition) is 3. The molecule has 72 valence electrons. The molecule has 0 bridgehead atoms. The predicted octanol–water partition coefficient (Wildman–Crippen LogP) is 2.68. The van der Waals surface area contributed by atoms with Crippen molar-refractivity contribution in [1.82, 2.24) is 0 Å². The molecule has 0 spiro atoms. The first kappa shape index (κ1) is 10.5. The lowest BCUT2D eigenvalue weighted by Gasteiger charge is -2.11. The first-order valence-electron chi connectivity index (χ1n) is 4.29. The van der Waals surface area contributed by atoms with E-state index in [1.54, 1.807) is 17.6 Å². The van der Waals surface area contributed by atoms with E-state index in [4.69, 9.17) is 4.84 Å². The smallest absolute Gasteiger partial charge is 0.211 e. The van der Waals surface area contributed by atoms with Gasteiger partial charge >= 0.3 is 0 Å². The van der Waals surface area contributed by atoms with Gasteiger partial charge in [0.1, 0.15) is 0 Å². The highest BCUT2D eigenvalue weighted by atomic mass is 32.1. The lowest BCUT2D eigenvalue weighted by atomic mass is 10.6. The summed E-state index contributed by atoms with van der Waals surface area (Å²) in [5, 5.41) is 4.62. The molecule has 2 nitrogen and oxygen atoms in total. The van der Waals surface area contributed by atoms with Gasteiger partial charge in [-0.1, -0.05) is 24.8 Å². The Morgan fingerprint density at radius 1 is 1.38 bits per heavy atom. The molecule has 1 heterocycles. The minimum atomic E-state index is -1.17. The van der Waals surface area contributed by atoms with Gasteiger partial charge in [-0.3, -0.25) is 0 Å². The second-order valence-electron chi connectivity index (χ2n) is 3.82. The fourth-order valence-corrected chi connectivity index (χ4v) is 3.56. The molecule has 0 unspecified atom stereocenters. The Bertz CT molecular complexity index is 301. The first-order chi connectivity index (χ1) is 6.04. The SMILES string of the molecule is C/C=N\Oc1ccc([Si](C)(C)C)s1. The molecule has 0 saturated carbocycles. The Morgan fingerprint density at radius 2 is 2.08 bits per heavy atom. The van der Waals surface area contributed by atoms with E-state index in [2.05, 4.69) is 30.9 Å². The highest BCUT2D eigenvalue weighted by Crippen LogP contribution is 2.20. The molecule has 0 amide bonds. The van der Waals surface area contributed by atoms with E-state index >= 15 is 0 Å². The quantitative estimate of drug-likeness (QED) is 0.430. The van der Waals surface area contributed by atoms with Crippen LogP contribution in [0.5, 0.6) is 5.06 Å².